The van der Waals surface area contributed by atoms with Crippen molar-refractivity contribution in [3.05, 3.63) is 48.0 Å². The highest BCUT2D eigenvalue weighted by Crippen LogP contribution is 2.07. The molecule has 5 nitrogen and oxygen atoms in total. The monoisotopic (exact) mass is 245 g/mol. The average molecular weight is 245 g/mol. The SMILES string of the molecule is NC(=S)c1ccc(NCc2cccnn2)cn1. The Morgan fingerprint density at radius 2 is 2.24 bits per heavy atom. The number of rotatable bonds is 4. The number of nitrogens with zero attached hydrogens (tertiary/aromatic N) is 3. The van der Waals surface area contributed by atoms with Gasteiger partial charge in [-0.05, 0) is 24.3 Å². The summed E-state index contributed by atoms with van der Waals surface area (Å²) in [5, 5.41) is 10.9. The van der Waals surface area contributed by atoms with Gasteiger partial charge in [0.05, 0.1) is 29.8 Å². The Morgan fingerprint density at radius 1 is 1.35 bits per heavy atom. The normalized spacial score (nSPS) is 9.88. The van der Waals surface area contributed by atoms with Crippen LogP contribution in [0.4, 0.5) is 5.69 Å². The Labute approximate surface area is 104 Å². The van der Waals surface area contributed by atoms with Gasteiger partial charge in [0.2, 0.25) is 0 Å². The molecule has 0 unspecified atom stereocenters. The van der Waals surface area contributed by atoms with Crippen LogP contribution in [-0.2, 0) is 6.54 Å². The Bertz CT molecular complexity index is 497. The Balaban J connectivity index is 1.98. The molecular formula is C11H11N5S. The molecule has 0 amide bonds. The topological polar surface area (TPSA) is 76.7 Å². The molecule has 86 valence electrons. The van der Waals surface area contributed by atoms with Crippen molar-refractivity contribution in [2.24, 2.45) is 5.73 Å². The highest BCUT2D eigenvalue weighted by Gasteiger charge is 1.99. The van der Waals surface area contributed by atoms with Crippen molar-refractivity contribution in [3.63, 3.8) is 0 Å². The van der Waals surface area contributed by atoms with Gasteiger partial charge in [-0.25, -0.2) is 0 Å². The fourth-order valence-electron chi connectivity index (χ4n) is 1.26. The van der Waals surface area contributed by atoms with Gasteiger partial charge in [-0.1, -0.05) is 12.2 Å². The summed E-state index contributed by atoms with van der Waals surface area (Å²) in [7, 11) is 0. The molecule has 0 aliphatic rings. The van der Waals surface area contributed by atoms with E-state index >= 15 is 0 Å². The number of anilines is 1. The van der Waals surface area contributed by atoms with E-state index in [4.69, 9.17) is 18.0 Å². The summed E-state index contributed by atoms with van der Waals surface area (Å²) < 4.78 is 0. The summed E-state index contributed by atoms with van der Waals surface area (Å²) in [6, 6.07) is 7.40. The largest absolute Gasteiger partial charge is 0.388 e. The summed E-state index contributed by atoms with van der Waals surface area (Å²) in [6.07, 6.45) is 3.33. The van der Waals surface area contributed by atoms with Crippen LogP contribution in [0.3, 0.4) is 0 Å². The molecule has 0 radical (unpaired) electrons. The zero-order valence-electron chi connectivity index (χ0n) is 9.00. The lowest BCUT2D eigenvalue weighted by molar-refractivity contribution is 0.924. The van der Waals surface area contributed by atoms with Crippen molar-refractivity contribution in [1.29, 1.82) is 0 Å². The molecule has 0 fully saturated rings. The van der Waals surface area contributed by atoms with Crippen LogP contribution in [0, 0.1) is 0 Å². The van der Waals surface area contributed by atoms with Crippen LogP contribution >= 0.6 is 12.2 Å². The van der Waals surface area contributed by atoms with Gasteiger partial charge < -0.3 is 11.1 Å². The van der Waals surface area contributed by atoms with Gasteiger partial charge in [-0.3, -0.25) is 4.98 Å². The Morgan fingerprint density at radius 3 is 2.82 bits per heavy atom. The third-order valence-corrected chi connectivity index (χ3v) is 2.33. The molecule has 0 spiro atoms. The number of aromatic nitrogens is 3. The van der Waals surface area contributed by atoms with E-state index in [2.05, 4.69) is 20.5 Å². The van der Waals surface area contributed by atoms with Gasteiger partial charge in [0, 0.05) is 6.20 Å². The van der Waals surface area contributed by atoms with Crippen LogP contribution in [0.2, 0.25) is 0 Å². The molecule has 6 heteroatoms. The molecule has 2 aromatic heterocycles. The van der Waals surface area contributed by atoms with Crippen molar-refractivity contribution in [1.82, 2.24) is 15.2 Å². The lowest BCUT2D eigenvalue weighted by Crippen LogP contribution is -2.11. The third-order valence-electron chi connectivity index (χ3n) is 2.12. The van der Waals surface area contributed by atoms with Gasteiger partial charge in [0.1, 0.15) is 4.99 Å². The molecule has 0 aromatic carbocycles. The molecule has 2 aromatic rings. The molecule has 0 saturated carbocycles. The van der Waals surface area contributed by atoms with Crippen LogP contribution in [0.15, 0.2) is 36.7 Å². The second-order valence-electron chi connectivity index (χ2n) is 3.36. The minimum atomic E-state index is 0.297. The fourth-order valence-corrected chi connectivity index (χ4v) is 1.39. The van der Waals surface area contributed by atoms with Crippen molar-refractivity contribution < 1.29 is 0 Å². The minimum absolute atomic E-state index is 0.297. The van der Waals surface area contributed by atoms with E-state index in [-0.39, 0.29) is 0 Å². The molecule has 0 bridgehead atoms. The number of hydrogen-bond donors (Lipinski definition) is 2. The number of thiocarbonyl (C=S) groups is 1. The molecule has 2 rings (SSSR count). The van der Waals surface area contributed by atoms with E-state index in [0.29, 0.717) is 17.2 Å². The second kappa shape index (κ2) is 5.31. The molecule has 0 aliphatic carbocycles. The van der Waals surface area contributed by atoms with E-state index in [1.165, 1.54) is 0 Å². The maximum Gasteiger partial charge on any atom is 0.122 e. The smallest absolute Gasteiger partial charge is 0.122 e. The Kier molecular flexibility index (Phi) is 3.56. The predicted octanol–water partition coefficient (Wildman–Crippen LogP) is 1.12. The zero-order chi connectivity index (χ0) is 12.1. The minimum Gasteiger partial charge on any atom is -0.388 e. The van der Waals surface area contributed by atoms with Crippen LogP contribution < -0.4 is 11.1 Å². The summed E-state index contributed by atoms with van der Waals surface area (Å²) in [4.78, 5) is 4.42. The number of pyridine rings is 1. The first-order valence-electron chi connectivity index (χ1n) is 5.02. The molecule has 17 heavy (non-hydrogen) atoms. The van der Waals surface area contributed by atoms with Crippen LogP contribution in [0.5, 0.6) is 0 Å². The third kappa shape index (κ3) is 3.18. The zero-order valence-corrected chi connectivity index (χ0v) is 9.81. The van der Waals surface area contributed by atoms with E-state index in [1.54, 1.807) is 18.5 Å². The van der Waals surface area contributed by atoms with Crippen LogP contribution in [0.25, 0.3) is 0 Å². The lowest BCUT2D eigenvalue weighted by Gasteiger charge is -2.05. The van der Waals surface area contributed by atoms with E-state index in [9.17, 15) is 0 Å². The summed E-state index contributed by atoms with van der Waals surface area (Å²) in [6.45, 7) is 0.599. The van der Waals surface area contributed by atoms with Gasteiger partial charge >= 0.3 is 0 Å². The predicted molar refractivity (Wildman–Crippen MR) is 69.5 cm³/mol. The van der Waals surface area contributed by atoms with Gasteiger partial charge in [-0.2, -0.15) is 10.2 Å². The van der Waals surface area contributed by atoms with Crippen molar-refractivity contribution in [3.8, 4) is 0 Å². The number of nitrogens with two attached hydrogens (primary N) is 1. The number of nitrogens with one attached hydrogen (secondary N) is 1. The van der Waals surface area contributed by atoms with Gasteiger partial charge in [-0.15, -0.1) is 0 Å². The molecule has 0 atom stereocenters. The molecular weight excluding hydrogens is 234 g/mol. The second-order valence-corrected chi connectivity index (χ2v) is 3.80. The maximum absolute atomic E-state index is 5.46. The van der Waals surface area contributed by atoms with Crippen molar-refractivity contribution >= 4 is 22.9 Å². The molecule has 0 aliphatic heterocycles. The standard InChI is InChI=1S/C11H11N5S/c12-11(17)10-4-3-8(6-14-10)13-7-9-2-1-5-15-16-9/h1-6,13H,7H2,(H2,12,17). The van der Waals surface area contributed by atoms with Crippen LogP contribution in [0.1, 0.15) is 11.4 Å². The summed E-state index contributed by atoms with van der Waals surface area (Å²) in [5.41, 5.74) is 7.83. The van der Waals surface area contributed by atoms with E-state index in [1.807, 2.05) is 18.2 Å². The van der Waals surface area contributed by atoms with Crippen molar-refractivity contribution in [2.75, 3.05) is 5.32 Å². The van der Waals surface area contributed by atoms with Gasteiger partial charge in [0.15, 0.2) is 0 Å². The van der Waals surface area contributed by atoms with E-state index in [0.717, 1.165) is 11.4 Å². The van der Waals surface area contributed by atoms with E-state index < -0.39 is 0 Å². The fraction of sp³-hybridized carbons (Fsp3) is 0.0909. The first-order valence-corrected chi connectivity index (χ1v) is 5.43. The molecule has 3 N–H and O–H groups in total. The number of hydrogen-bond acceptors (Lipinski definition) is 5. The quantitative estimate of drug-likeness (QED) is 0.786. The highest BCUT2D eigenvalue weighted by atomic mass is 32.1. The average Bonchev–Trinajstić information content (AvgIpc) is 2.38. The summed E-state index contributed by atoms with van der Waals surface area (Å²) in [5.74, 6) is 0. The first-order chi connectivity index (χ1) is 8.25. The molecule has 2 heterocycles. The summed E-state index contributed by atoms with van der Waals surface area (Å²) >= 11 is 4.82. The van der Waals surface area contributed by atoms with Gasteiger partial charge in [0.25, 0.3) is 0 Å². The van der Waals surface area contributed by atoms with Crippen molar-refractivity contribution in [2.45, 2.75) is 6.54 Å². The highest BCUT2D eigenvalue weighted by molar-refractivity contribution is 7.80. The van der Waals surface area contributed by atoms with Crippen LogP contribution in [-0.4, -0.2) is 20.2 Å². The lowest BCUT2D eigenvalue weighted by atomic mass is 10.3. The Hall–Kier alpha value is -2.08. The molecule has 0 saturated heterocycles. The maximum atomic E-state index is 5.46. The first kappa shape index (κ1) is 11.4.